The topological polar surface area (TPSA) is 35.2 Å². The third kappa shape index (κ3) is 2.00. The van der Waals surface area contributed by atoms with Crippen LogP contribution < -0.4 is 10.5 Å². The van der Waals surface area contributed by atoms with Gasteiger partial charge in [0.2, 0.25) is 5.92 Å². The van der Waals surface area contributed by atoms with E-state index >= 15 is 0 Å². The number of rotatable bonds is 3. The molecule has 0 amide bonds. The Morgan fingerprint density at radius 1 is 1.41 bits per heavy atom. The zero-order valence-corrected chi connectivity index (χ0v) is 10.2. The van der Waals surface area contributed by atoms with E-state index in [2.05, 4.69) is 0 Å². The summed E-state index contributed by atoms with van der Waals surface area (Å²) >= 11 is 5.99. The van der Waals surface area contributed by atoms with E-state index in [1.807, 2.05) is 0 Å². The zero-order chi connectivity index (χ0) is 12.7. The van der Waals surface area contributed by atoms with Crippen LogP contribution in [-0.4, -0.2) is 19.6 Å². The Morgan fingerprint density at radius 2 is 2.06 bits per heavy atom. The maximum atomic E-state index is 13.1. The summed E-state index contributed by atoms with van der Waals surface area (Å²) in [6.45, 7) is 0.166. The van der Waals surface area contributed by atoms with Crippen molar-refractivity contribution in [1.29, 1.82) is 0 Å². The molecule has 0 bridgehead atoms. The highest BCUT2D eigenvalue weighted by Gasteiger charge is 2.57. The van der Waals surface area contributed by atoms with E-state index in [4.69, 9.17) is 22.1 Å². The lowest BCUT2D eigenvalue weighted by Gasteiger charge is -2.47. The molecule has 1 aliphatic rings. The second-order valence-electron chi connectivity index (χ2n) is 4.51. The maximum absolute atomic E-state index is 13.1. The molecule has 17 heavy (non-hydrogen) atoms. The van der Waals surface area contributed by atoms with Crippen molar-refractivity contribution in [3.63, 3.8) is 0 Å². The zero-order valence-electron chi connectivity index (χ0n) is 9.47. The van der Waals surface area contributed by atoms with E-state index in [1.165, 1.54) is 7.11 Å². The smallest absolute Gasteiger partial charge is 0.250 e. The van der Waals surface area contributed by atoms with E-state index in [0.717, 1.165) is 0 Å². The Bertz CT molecular complexity index is 429. The molecule has 0 radical (unpaired) electrons. The molecule has 0 spiro atoms. The fourth-order valence-corrected chi connectivity index (χ4v) is 2.77. The summed E-state index contributed by atoms with van der Waals surface area (Å²) in [5, 5.41) is 0.424. The monoisotopic (exact) mass is 261 g/mol. The first kappa shape index (κ1) is 12.6. The number of benzene rings is 1. The molecular weight excluding hydrogens is 248 g/mol. The first-order valence-corrected chi connectivity index (χ1v) is 5.73. The number of nitrogens with two attached hydrogens (primary N) is 1. The average Bonchev–Trinajstić information content (AvgIpc) is 2.25. The van der Waals surface area contributed by atoms with Crippen molar-refractivity contribution in [2.75, 3.05) is 13.7 Å². The van der Waals surface area contributed by atoms with Crippen LogP contribution in [-0.2, 0) is 5.41 Å². The number of hydrogen-bond acceptors (Lipinski definition) is 2. The quantitative estimate of drug-likeness (QED) is 0.908. The van der Waals surface area contributed by atoms with Crippen molar-refractivity contribution in [2.24, 2.45) is 5.73 Å². The Hall–Kier alpha value is -0.870. The molecule has 1 aromatic rings. The molecule has 2 N–H and O–H groups in total. The molecule has 0 aliphatic heterocycles. The van der Waals surface area contributed by atoms with E-state index in [1.54, 1.807) is 18.2 Å². The van der Waals surface area contributed by atoms with Crippen LogP contribution in [0.4, 0.5) is 8.78 Å². The van der Waals surface area contributed by atoms with Crippen molar-refractivity contribution in [1.82, 2.24) is 0 Å². The second kappa shape index (κ2) is 4.10. The van der Waals surface area contributed by atoms with Gasteiger partial charge in [0.25, 0.3) is 0 Å². The first-order chi connectivity index (χ1) is 7.94. The predicted octanol–water partition coefficient (Wildman–Crippen LogP) is 2.97. The van der Waals surface area contributed by atoms with E-state index in [-0.39, 0.29) is 19.4 Å². The number of alkyl halides is 2. The van der Waals surface area contributed by atoms with Gasteiger partial charge in [0.15, 0.2) is 0 Å². The Morgan fingerprint density at radius 3 is 2.53 bits per heavy atom. The fraction of sp³-hybridized carbons (Fsp3) is 0.500. The summed E-state index contributed by atoms with van der Waals surface area (Å²) in [5.41, 5.74) is 5.64. The summed E-state index contributed by atoms with van der Waals surface area (Å²) in [7, 11) is 1.48. The number of halogens is 3. The summed E-state index contributed by atoms with van der Waals surface area (Å²) in [4.78, 5) is 0. The van der Waals surface area contributed by atoms with Gasteiger partial charge in [-0.15, -0.1) is 0 Å². The third-order valence-electron chi connectivity index (χ3n) is 3.33. The standard InChI is InChI=1S/C12H14ClF2NO/c1-17-10-8(3-2-4-9(10)13)11(7-16)5-12(14,15)6-11/h2-4H,5-7,16H2,1H3. The molecule has 0 unspecified atom stereocenters. The van der Waals surface area contributed by atoms with Crippen LogP contribution in [0.2, 0.25) is 5.02 Å². The molecule has 2 rings (SSSR count). The van der Waals surface area contributed by atoms with Gasteiger partial charge in [-0.1, -0.05) is 23.7 Å². The number of methoxy groups -OCH3 is 1. The van der Waals surface area contributed by atoms with Crippen molar-refractivity contribution < 1.29 is 13.5 Å². The molecule has 94 valence electrons. The SMILES string of the molecule is COc1c(Cl)cccc1C1(CN)CC(F)(F)C1. The van der Waals surface area contributed by atoms with Crippen molar-refractivity contribution in [3.8, 4) is 5.75 Å². The van der Waals surface area contributed by atoms with Gasteiger partial charge in [0, 0.05) is 30.4 Å². The van der Waals surface area contributed by atoms with Crippen LogP contribution in [0.15, 0.2) is 18.2 Å². The van der Waals surface area contributed by atoms with Gasteiger partial charge in [-0.2, -0.15) is 0 Å². The minimum Gasteiger partial charge on any atom is -0.495 e. The van der Waals surface area contributed by atoms with Crippen molar-refractivity contribution in [2.45, 2.75) is 24.2 Å². The molecule has 0 atom stereocenters. The van der Waals surface area contributed by atoms with Gasteiger partial charge in [-0.3, -0.25) is 0 Å². The lowest BCUT2D eigenvalue weighted by Crippen LogP contribution is -2.53. The molecule has 1 fully saturated rings. The molecular formula is C12H14ClF2NO. The molecule has 0 heterocycles. The maximum Gasteiger partial charge on any atom is 0.250 e. The van der Waals surface area contributed by atoms with Crippen LogP contribution in [0.3, 0.4) is 0 Å². The van der Waals surface area contributed by atoms with Crippen LogP contribution in [0.1, 0.15) is 18.4 Å². The Kier molecular flexibility index (Phi) is 3.04. The number of hydrogen-bond donors (Lipinski definition) is 1. The Labute approximate surface area is 104 Å². The van der Waals surface area contributed by atoms with Gasteiger partial charge < -0.3 is 10.5 Å². The highest BCUT2D eigenvalue weighted by atomic mass is 35.5. The second-order valence-corrected chi connectivity index (χ2v) is 4.92. The summed E-state index contributed by atoms with van der Waals surface area (Å²) in [6, 6.07) is 5.16. The van der Waals surface area contributed by atoms with Crippen molar-refractivity contribution >= 4 is 11.6 Å². The van der Waals surface area contributed by atoms with Gasteiger partial charge in [-0.25, -0.2) is 8.78 Å². The minimum absolute atomic E-state index is 0.166. The average molecular weight is 262 g/mol. The largest absolute Gasteiger partial charge is 0.495 e. The first-order valence-electron chi connectivity index (χ1n) is 5.35. The fourth-order valence-electron chi connectivity index (χ4n) is 2.52. The number of para-hydroxylation sites is 1. The van der Waals surface area contributed by atoms with Crippen LogP contribution in [0, 0.1) is 0 Å². The third-order valence-corrected chi connectivity index (χ3v) is 3.62. The molecule has 1 saturated carbocycles. The lowest BCUT2D eigenvalue weighted by molar-refractivity contribution is -0.124. The van der Waals surface area contributed by atoms with Crippen molar-refractivity contribution in [3.05, 3.63) is 28.8 Å². The highest BCUT2D eigenvalue weighted by Crippen LogP contribution is 2.55. The predicted molar refractivity (Wildman–Crippen MR) is 62.9 cm³/mol. The van der Waals surface area contributed by atoms with Crippen LogP contribution in [0.25, 0.3) is 0 Å². The van der Waals surface area contributed by atoms with Crippen LogP contribution >= 0.6 is 11.6 Å². The minimum atomic E-state index is -2.63. The number of ether oxygens (including phenoxy) is 1. The molecule has 0 aromatic heterocycles. The van der Waals surface area contributed by atoms with Gasteiger partial charge in [0.1, 0.15) is 5.75 Å². The molecule has 5 heteroatoms. The summed E-state index contributed by atoms with van der Waals surface area (Å²) in [6.07, 6.45) is -0.486. The van der Waals surface area contributed by atoms with Gasteiger partial charge in [-0.05, 0) is 6.07 Å². The van der Waals surface area contributed by atoms with Gasteiger partial charge >= 0.3 is 0 Å². The van der Waals surface area contributed by atoms with E-state index in [9.17, 15) is 8.78 Å². The van der Waals surface area contributed by atoms with E-state index in [0.29, 0.717) is 16.3 Å². The Balaban J connectivity index is 2.43. The van der Waals surface area contributed by atoms with Crippen LogP contribution in [0.5, 0.6) is 5.75 Å². The van der Waals surface area contributed by atoms with Gasteiger partial charge in [0.05, 0.1) is 12.1 Å². The molecule has 2 nitrogen and oxygen atoms in total. The summed E-state index contributed by atoms with van der Waals surface area (Å²) in [5.74, 6) is -2.18. The van der Waals surface area contributed by atoms with E-state index < -0.39 is 11.3 Å². The lowest BCUT2D eigenvalue weighted by atomic mass is 9.62. The normalized spacial score (nSPS) is 20.8. The molecule has 1 aliphatic carbocycles. The molecule has 0 saturated heterocycles. The molecule has 1 aromatic carbocycles. The highest BCUT2D eigenvalue weighted by molar-refractivity contribution is 6.32. The summed E-state index contributed by atoms with van der Waals surface area (Å²) < 4.78 is 31.4.